The second-order valence-electron chi connectivity index (χ2n) is 7.52. The molecular weight excluding hydrogens is 397 g/mol. The van der Waals surface area contributed by atoms with Gasteiger partial charge in [0.2, 0.25) is 0 Å². The Balaban J connectivity index is 1.74. The summed E-state index contributed by atoms with van der Waals surface area (Å²) in [5.41, 5.74) is 1.82. The van der Waals surface area contributed by atoms with Crippen LogP contribution in [0.5, 0.6) is 5.75 Å². The smallest absolute Gasteiger partial charge is 0.282 e. The van der Waals surface area contributed by atoms with Crippen LogP contribution >= 0.6 is 0 Å². The zero-order valence-electron chi connectivity index (χ0n) is 17.8. The number of nitrogens with zero attached hydrogens (tertiary/aromatic N) is 3. The number of piperazine rings is 1. The lowest BCUT2D eigenvalue weighted by Gasteiger charge is -2.36. The molecule has 0 bridgehead atoms. The summed E-state index contributed by atoms with van der Waals surface area (Å²) in [6, 6.07) is 12.6. The first-order valence-electron chi connectivity index (χ1n) is 10.6. The predicted molar refractivity (Wildman–Crippen MR) is 117 cm³/mol. The van der Waals surface area contributed by atoms with E-state index in [1.54, 1.807) is 12.1 Å². The number of amides is 2. The van der Waals surface area contributed by atoms with Crippen LogP contribution in [0, 0.1) is 5.82 Å². The summed E-state index contributed by atoms with van der Waals surface area (Å²) in [6.45, 7) is 8.51. The minimum Gasteiger partial charge on any atom is -0.494 e. The first-order valence-corrected chi connectivity index (χ1v) is 10.6. The third-order valence-corrected chi connectivity index (χ3v) is 5.73. The average Bonchev–Trinajstić information content (AvgIpc) is 3.05. The minimum atomic E-state index is -0.418. The largest absolute Gasteiger partial charge is 0.494 e. The van der Waals surface area contributed by atoms with Crippen LogP contribution in [-0.4, -0.2) is 60.9 Å². The van der Waals surface area contributed by atoms with Crippen molar-refractivity contribution in [3.05, 3.63) is 65.6 Å². The number of carbonyl (C=O) groups is 2. The standard InChI is InChI=1S/C24H26FN3O3/c1-3-26-13-15-27(16-14-26)22-21(17-5-11-20(12-6-17)31-4-2)23(29)28(24(22)30)19-9-7-18(25)8-10-19/h5-12H,3-4,13-16H2,1-2H3. The highest BCUT2D eigenvalue weighted by Gasteiger charge is 2.43. The van der Waals surface area contributed by atoms with E-state index in [1.165, 1.54) is 24.3 Å². The molecule has 0 aromatic heterocycles. The molecule has 6 nitrogen and oxygen atoms in total. The summed E-state index contributed by atoms with van der Waals surface area (Å²) in [5.74, 6) is -0.477. The molecular formula is C24H26FN3O3. The Kier molecular flexibility index (Phi) is 6.04. The van der Waals surface area contributed by atoms with Crippen molar-refractivity contribution in [2.45, 2.75) is 13.8 Å². The molecule has 7 heteroatoms. The van der Waals surface area contributed by atoms with Crippen molar-refractivity contribution in [1.82, 2.24) is 9.80 Å². The van der Waals surface area contributed by atoms with Crippen LogP contribution in [0.25, 0.3) is 5.57 Å². The van der Waals surface area contributed by atoms with Gasteiger partial charge in [0, 0.05) is 26.2 Å². The Bertz CT molecular complexity index is 994. The van der Waals surface area contributed by atoms with Crippen LogP contribution < -0.4 is 9.64 Å². The van der Waals surface area contributed by atoms with Gasteiger partial charge in [0.1, 0.15) is 17.3 Å². The zero-order chi connectivity index (χ0) is 22.0. The molecule has 0 aliphatic carbocycles. The Morgan fingerprint density at radius 1 is 0.871 bits per heavy atom. The number of hydrogen-bond donors (Lipinski definition) is 0. The summed E-state index contributed by atoms with van der Waals surface area (Å²) < 4.78 is 18.9. The second-order valence-corrected chi connectivity index (χ2v) is 7.52. The van der Waals surface area contributed by atoms with E-state index in [2.05, 4.69) is 11.8 Å². The fourth-order valence-electron chi connectivity index (χ4n) is 4.07. The molecule has 1 fully saturated rings. The highest BCUT2D eigenvalue weighted by molar-refractivity contribution is 6.45. The van der Waals surface area contributed by atoms with E-state index in [0.29, 0.717) is 48.0 Å². The maximum atomic E-state index is 13.5. The zero-order valence-corrected chi connectivity index (χ0v) is 17.8. The van der Waals surface area contributed by atoms with Crippen molar-refractivity contribution in [3.63, 3.8) is 0 Å². The third-order valence-electron chi connectivity index (χ3n) is 5.73. The van der Waals surface area contributed by atoms with Crippen molar-refractivity contribution in [2.24, 2.45) is 0 Å². The van der Waals surface area contributed by atoms with Gasteiger partial charge in [-0.25, -0.2) is 9.29 Å². The SMILES string of the molecule is CCOc1ccc(C2=C(N3CCN(CC)CC3)C(=O)N(c3ccc(F)cc3)C2=O)cc1. The van der Waals surface area contributed by atoms with Gasteiger partial charge in [-0.3, -0.25) is 9.59 Å². The summed E-state index contributed by atoms with van der Waals surface area (Å²) >= 11 is 0. The van der Waals surface area contributed by atoms with Crippen LogP contribution in [0.2, 0.25) is 0 Å². The van der Waals surface area contributed by atoms with Crippen LogP contribution in [0.4, 0.5) is 10.1 Å². The molecule has 0 N–H and O–H groups in total. The molecule has 0 saturated carbocycles. The fraction of sp³-hybridized carbons (Fsp3) is 0.333. The number of carbonyl (C=O) groups excluding carboxylic acids is 2. The topological polar surface area (TPSA) is 53.1 Å². The van der Waals surface area contributed by atoms with Gasteiger partial charge in [0.05, 0.1) is 17.9 Å². The number of benzene rings is 2. The second kappa shape index (κ2) is 8.89. The fourth-order valence-corrected chi connectivity index (χ4v) is 4.07. The van der Waals surface area contributed by atoms with Gasteiger partial charge >= 0.3 is 0 Å². The van der Waals surface area contributed by atoms with E-state index < -0.39 is 11.7 Å². The van der Waals surface area contributed by atoms with Crippen molar-refractivity contribution in [3.8, 4) is 5.75 Å². The monoisotopic (exact) mass is 423 g/mol. The van der Waals surface area contributed by atoms with E-state index in [4.69, 9.17) is 4.74 Å². The van der Waals surface area contributed by atoms with Crippen LogP contribution in [-0.2, 0) is 9.59 Å². The minimum absolute atomic E-state index is 0.363. The van der Waals surface area contributed by atoms with E-state index >= 15 is 0 Å². The third kappa shape index (κ3) is 4.05. The van der Waals surface area contributed by atoms with Gasteiger partial charge in [0.25, 0.3) is 11.8 Å². The first kappa shape index (κ1) is 21.1. The summed E-state index contributed by atoms with van der Waals surface area (Å²) in [6.07, 6.45) is 0. The van der Waals surface area contributed by atoms with E-state index in [1.807, 2.05) is 24.0 Å². The molecule has 162 valence electrons. The lowest BCUT2D eigenvalue weighted by atomic mass is 10.0. The van der Waals surface area contributed by atoms with Crippen molar-refractivity contribution in [1.29, 1.82) is 0 Å². The molecule has 0 atom stereocenters. The van der Waals surface area contributed by atoms with E-state index in [9.17, 15) is 14.0 Å². The maximum absolute atomic E-state index is 13.5. The number of halogens is 1. The molecule has 1 saturated heterocycles. The first-order chi connectivity index (χ1) is 15.0. The molecule has 0 radical (unpaired) electrons. The van der Waals surface area contributed by atoms with Crippen LogP contribution in [0.3, 0.4) is 0 Å². The van der Waals surface area contributed by atoms with Gasteiger partial charge in [0.15, 0.2) is 0 Å². The maximum Gasteiger partial charge on any atom is 0.282 e. The van der Waals surface area contributed by atoms with Gasteiger partial charge in [-0.15, -0.1) is 0 Å². The molecule has 2 aliphatic rings. The Morgan fingerprint density at radius 2 is 1.52 bits per heavy atom. The molecule has 0 unspecified atom stereocenters. The lowest BCUT2D eigenvalue weighted by molar-refractivity contribution is -0.120. The van der Waals surface area contributed by atoms with E-state index in [0.717, 1.165) is 24.5 Å². The van der Waals surface area contributed by atoms with Gasteiger partial charge in [-0.1, -0.05) is 19.1 Å². The summed E-state index contributed by atoms with van der Waals surface area (Å²) in [5, 5.41) is 0. The molecule has 2 aromatic rings. The van der Waals surface area contributed by atoms with Crippen molar-refractivity contribution < 1.29 is 18.7 Å². The normalized spacial score (nSPS) is 17.6. The van der Waals surface area contributed by atoms with E-state index in [-0.39, 0.29) is 5.91 Å². The highest BCUT2D eigenvalue weighted by atomic mass is 19.1. The highest BCUT2D eigenvalue weighted by Crippen LogP contribution is 2.35. The number of likely N-dealkylation sites (N-methyl/N-ethyl adjacent to an activating group) is 1. The average molecular weight is 423 g/mol. The van der Waals surface area contributed by atoms with Crippen molar-refractivity contribution >= 4 is 23.1 Å². The molecule has 4 rings (SSSR count). The van der Waals surface area contributed by atoms with Gasteiger partial charge in [-0.05, 0) is 55.4 Å². The molecule has 31 heavy (non-hydrogen) atoms. The van der Waals surface area contributed by atoms with Gasteiger partial charge < -0.3 is 14.5 Å². The Morgan fingerprint density at radius 3 is 2.10 bits per heavy atom. The molecule has 2 aliphatic heterocycles. The molecule has 2 amide bonds. The number of anilines is 1. The van der Waals surface area contributed by atoms with Gasteiger partial charge in [-0.2, -0.15) is 0 Å². The number of hydrogen-bond acceptors (Lipinski definition) is 5. The predicted octanol–water partition coefficient (Wildman–Crippen LogP) is 3.15. The van der Waals surface area contributed by atoms with Crippen LogP contribution in [0.1, 0.15) is 19.4 Å². The molecule has 0 spiro atoms. The summed E-state index contributed by atoms with van der Waals surface area (Å²) in [7, 11) is 0. The number of rotatable bonds is 6. The number of ether oxygens (including phenoxy) is 1. The number of imide groups is 1. The molecule has 2 heterocycles. The van der Waals surface area contributed by atoms with Crippen LogP contribution in [0.15, 0.2) is 54.2 Å². The van der Waals surface area contributed by atoms with Crippen molar-refractivity contribution in [2.75, 3.05) is 44.2 Å². The quantitative estimate of drug-likeness (QED) is 0.669. The molecule has 2 aromatic carbocycles. The Labute approximate surface area is 181 Å². The summed E-state index contributed by atoms with van der Waals surface area (Å²) in [4.78, 5) is 32.4. The lowest BCUT2D eigenvalue weighted by Crippen LogP contribution is -2.47. The Hall–Kier alpha value is -3.19.